The van der Waals surface area contributed by atoms with Crippen molar-refractivity contribution in [2.75, 3.05) is 10.6 Å². The van der Waals surface area contributed by atoms with Crippen LogP contribution in [0.25, 0.3) is 10.9 Å². The molecule has 4 heteroatoms. The molecule has 3 aromatic rings. The summed E-state index contributed by atoms with van der Waals surface area (Å²) in [5, 5.41) is 7.97. The summed E-state index contributed by atoms with van der Waals surface area (Å²) in [7, 11) is 0. The molecule has 2 aromatic carbocycles. The molecule has 1 fully saturated rings. The van der Waals surface area contributed by atoms with Gasteiger partial charge in [0.15, 0.2) is 0 Å². The molecule has 4 rings (SSSR count). The summed E-state index contributed by atoms with van der Waals surface area (Å²) >= 11 is 0. The monoisotopic (exact) mass is 304 g/mol. The van der Waals surface area contributed by atoms with Gasteiger partial charge in [-0.3, -0.25) is 0 Å². The van der Waals surface area contributed by atoms with E-state index >= 15 is 0 Å². The number of para-hydroxylation sites is 1. The molecule has 2 N–H and O–H groups in total. The summed E-state index contributed by atoms with van der Waals surface area (Å²) in [6.07, 6.45) is 2.44. The third kappa shape index (κ3) is 2.84. The highest BCUT2D eigenvalue weighted by Crippen LogP contribution is 2.30. The first kappa shape index (κ1) is 14.0. The van der Waals surface area contributed by atoms with E-state index in [9.17, 15) is 0 Å². The predicted octanol–water partition coefficient (Wildman–Crippen LogP) is 4.56. The van der Waals surface area contributed by atoms with Gasteiger partial charge >= 0.3 is 0 Å². The van der Waals surface area contributed by atoms with Gasteiger partial charge in [0.25, 0.3) is 0 Å². The van der Waals surface area contributed by atoms with E-state index in [4.69, 9.17) is 4.98 Å². The number of nitrogens with zero attached hydrogens (tertiary/aromatic N) is 2. The molecule has 1 heterocycles. The topological polar surface area (TPSA) is 49.8 Å². The van der Waals surface area contributed by atoms with E-state index in [2.05, 4.69) is 53.7 Å². The van der Waals surface area contributed by atoms with E-state index in [1.165, 1.54) is 24.0 Å². The van der Waals surface area contributed by atoms with Crippen molar-refractivity contribution in [2.45, 2.75) is 32.7 Å². The quantitative estimate of drug-likeness (QED) is 0.741. The van der Waals surface area contributed by atoms with E-state index < -0.39 is 0 Å². The standard InChI is InChI=1S/C19H20N4/c1-12-6-5-9-16(13(12)2)21-19-22-17-8-4-3-7-15(17)18(23-19)20-14-10-11-14/h3-9,14H,10-11H2,1-2H3,(H2,20,21,22,23). The van der Waals surface area contributed by atoms with Crippen molar-refractivity contribution in [3.05, 3.63) is 53.6 Å². The van der Waals surface area contributed by atoms with Crippen LogP contribution in [0.3, 0.4) is 0 Å². The number of anilines is 3. The van der Waals surface area contributed by atoms with Gasteiger partial charge in [-0.05, 0) is 56.0 Å². The second kappa shape index (κ2) is 5.54. The molecule has 0 saturated heterocycles. The van der Waals surface area contributed by atoms with E-state index in [1.807, 2.05) is 18.2 Å². The lowest BCUT2D eigenvalue weighted by Crippen LogP contribution is -2.07. The minimum absolute atomic E-state index is 0.557. The second-order valence-corrected chi connectivity index (χ2v) is 6.20. The number of aryl methyl sites for hydroxylation is 1. The highest BCUT2D eigenvalue weighted by Gasteiger charge is 2.22. The fraction of sp³-hybridized carbons (Fsp3) is 0.263. The Morgan fingerprint density at radius 3 is 2.61 bits per heavy atom. The van der Waals surface area contributed by atoms with Gasteiger partial charge in [-0.25, -0.2) is 4.98 Å². The predicted molar refractivity (Wildman–Crippen MR) is 95.4 cm³/mol. The van der Waals surface area contributed by atoms with Crippen LogP contribution in [0, 0.1) is 13.8 Å². The van der Waals surface area contributed by atoms with Crippen LogP contribution in [0.15, 0.2) is 42.5 Å². The Bertz CT molecular complexity index is 868. The van der Waals surface area contributed by atoms with Crippen LogP contribution < -0.4 is 10.6 Å². The SMILES string of the molecule is Cc1cccc(Nc2nc(NC3CC3)c3ccccc3n2)c1C. The molecular weight excluding hydrogens is 284 g/mol. The summed E-state index contributed by atoms with van der Waals surface area (Å²) in [5.74, 6) is 1.56. The highest BCUT2D eigenvalue weighted by atomic mass is 15.2. The minimum Gasteiger partial charge on any atom is -0.367 e. The lowest BCUT2D eigenvalue weighted by molar-refractivity contribution is 1.10. The summed E-state index contributed by atoms with van der Waals surface area (Å²) in [6, 6.07) is 14.9. The summed E-state index contributed by atoms with van der Waals surface area (Å²) < 4.78 is 0. The smallest absolute Gasteiger partial charge is 0.229 e. The van der Waals surface area contributed by atoms with Crippen LogP contribution in [-0.4, -0.2) is 16.0 Å². The van der Waals surface area contributed by atoms with Crippen molar-refractivity contribution in [3.63, 3.8) is 0 Å². The fourth-order valence-corrected chi connectivity index (χ4v) is 2.67. The van der Waals surface area contributed by atoms with Gasteiger partial charge < -0.3 is 10.6 Å². The molecule has 0 aliphatic heterocycles. The molecule has 0 bridgehead atoms. The van der Waals surface area contributed by atoms with Gasteiger partial charge in [-0.15, -0.1) is 0 Å². The van der Waals surface area contributed by atoms with Crippen LogP contribution in [0.5, 0.6) is 0 Å². The summed E-state index contributed by atoms with van der Waals surface area (Å²) in [6.45, 7) is 4.23. The second-order valence-electron chi connectivity index (χ2n) is 6.20. The average Bonchev–Trinajstić information content (AvgIpc) is 3.36. The molecule has 1 saturated carbocycles. The number of hydrogen-bond donors (Lipinski definition) is 2. The van der Waals surface area contributed by atoms with Crippen LogP contribution in [0.4, 0.5) is 17.5 Å². The Hall–Kier alpha value is -2.62. The first-order valence-electron chi connectivity index (χ1n) is 8.07. The molecule has 1 aliphatic carbocycles. The van der Waals surface area contributed by atoms with Gasteiger partial charge in [0, 0.05) is 17.1 Å². The molecule has 0 amide bonds. The van der Waals surface area contributed by atoms with E-state index in [1.54, 1.807) is 0 Å². The lowest BCUT2D eigenvalue weighted by atomic mass is 10.1. The number of aromatic nitrogens is 2. The Morgan fingerprint density at radius 1 is 0.957 bits per heavy atom. The summed E-state index contributed by atoms with van der Waals surface area (Å²) in [4.78, 5) is 9.38. The number of hydrogen-bond acceptors (Lipinski definition) is 4. The Labute approximate surface area is 136 Å². The van der Waals surface area contributed by atoms with Gasteiger partial charge in [0.1, 0.15) is 5.82 Å². The third-order valence-electron chi connectivity index (χ3n) is 4.37. The van der Waals surface area contributed by atoms with Crippen molar-refractivity contribution in [2.24, 2.45) is 0 Å². The largest absolute Gasteiger partial charge is 0.367 e. The Kier molecular flexibility index (Phi) is 3.37. The molecule has 4 nitrogen and oxygen atoms in total. The molecule has 0 spiro atoms. The maximum absolute atomic E-state index is 4.71. The van der Waals surface area contributed by atoms with E-state index in [0.29, 0.717) is 12.0 Å². The van der Waals surface area contributed by atoms with Crippen LogP contribution in [0.1, 0.15) is 24.0 Å². The molecule has 0 radical (unpaired) electrons. The molecule has 23 heavy (non-hydrogen) atoms. The van der Waals surface area contributed by atoms with Gasteiger partial charge in [0.05, 0.1) is 5.52 Å². The Balaban J connectivity index is 1.75. The zero-order chi connectivity index (χ0) is 15.8. The number of fused-ring (bicyclic) bond motifs is 1. The normalized spacial score (nSPS) is 14.0. The fourth-order valence-electron chi connectivity index (χ4n) is 2.67. The van der Waals surface area contributed by atoms with E-state index in [-0.39, 0.29) is 0 Å². The zero-order valence-electron chi connectivity index (χ0n) is 13.4. The van der Waals surface area contributed by atoms with Crippen LogP contribution >= 0.6 is 0 Å². The number of rotatable bonds is 4. The van der Waals surface area contributed by atoms with Crippen molar-refractivity contribution in [1.82, 2.24) is 9.97 Å². The number of nitrogens with one attached hydrogen (secondary N) is 2. The average molecular weight is 304 g/mol. The molecule has 0 unspecified atom stereocenters. The first-order chi connectivity index (χ1) is 11.2. The van der Waals surface area contributed by atoms with Crippen molar-refractivity contribution < 1.29 is 0 Å². The van der Waals surface area contributed by atoms with Gasteiger partial charge in [-0.2, -0.15) is 4.98 Å². The first-order valence-corrected chi connectivity index (χ1v) is 8.07. The van der Waals surface area contributed by atoms with Gasteiger partial charge in [-0.1, -0.05) is 24.3 Å². The summed E-state index contributed by atoms with van der Waals surface area (Å²) in [5.41, 5.74) is 4.49. The lowest BCUT2D eigenvalue weighted by Gasteiger charge is -2.13. The molecule has 1 aromatic heterocycles. The molecule has 1 aliphatic rings. The van der Waals surface area contributed by atoms with Crippen molar-refractivity contribution >= 4 is 28.4 Å². The molecule has 116 valence electrons. The van der Waals surface area contributed by atoms with Gasteiger partial charge in [0.2, 0.25) is 5.95 Å². The van der Waals surface area contributed by atoms with Crippen molar-refractivity contribution in [3.8, 4) is 0 Å². The molecular formula is C19H20N4. The Morgan fingerprint density at radius 2 is 1.78 bits per heavy atom. The maximum Gasteiger partial charge on any atom is 0.229 e. The maximum atomic E-state index is 4.71. The van der Waals surface area contributed by atoms with E-state index in [0.717, 1.165) is 22.4 Å². The van der Waals surface area contributed by atoms with Crippen molar-refractivity contribution in [1.29, 1.82) is 0 Å². The zero-order valence-corrected chi connectivity index (χ0v) is 13.4. The minimum atomic E-state index is 0.557. The highest BCUT2D eigenvalue weighted by molar-refractivity contribution is 5.90. The van der Waals surface area contributed by atoms with Crippen LogP contribution in [-0.2, 0) is 0 Å². The molecule has 0 atom stereocenters. The third-order valence-corrected chi connectivity index (χ3v) is 4.37. The number of benzene rings is 2. The van der Waals surface area contributed by atoms with Crippen LogP contribution in [0.2, 0.25) is 0 Å².